The minimum absolute atomic E-state index is 0.131. The van der Waals surface area contributed by atoms with Crippen LogP contribution in [-0.2, 0) is 9.53 Å². The third-order valence-corrected chi connectivity index (χ3v) is 5.57. The fraction of sp³-hybridized carbons (Fsp3) is 0.450. The number of hydrogen-bond acceptors (Lipinski definition) is 6. The fourth-order valence-electron chi connectivity index (χ4n) is 3.15. The van der Waals surface area contributed by atoms with Gasteiger partial charge in [0.15, 0.2) is 5.13 Å². The number of aryl methyl sites for hydroxylation is 2. The van der Waals surface area contributed by atoms with E-state index in [-0.39, 0.29) is 17.8 Å². The molecule has 1 aromatic heterocycles. The molecule has 27 heavy (non-hydrogen) atoms. The molecule has 7 heteroatoms. The molecule has 1 aliphatic heterocycles. The summed E-state index contributed by atoms with van der Waals surface area (Å²) in [7, 11) is 0. The van der Waals surface area contributed by atoms with Crippen LogP contribution >= 0.6 is 11.3 Å². The van der Waals surface area contributed by atoms with Crippen molar-refractivity contribution in [1.29, 1.82) is 0 Å². The van der Waals surface area contributed by atoms with Crippen molar-refractivity contribution in [1.82, 2.24) is 9.88 Å². The molecule has 2 aromatic rings. The zero-order chi connectivity index (χ0) is 19.4. The molecule has 1 fully saturated rings. The average Bonchev–Trinajstić information content (AvgIpc) is 3.13. The predicted molar refractivity (Wildman–Crippen MR) is 107 cm³/mol. The molecule has 0 aliphatic carbocycles. The van der Waals surface area contributed by atoms with Gasteiger partial charge in [0.1, 0.15) is 5.69 Å². The third kappa shape index (κ3) is 4.66. The molecule has 1 atom stereocenters. The molecule has 1 unspecified atom stereocenters. The molecule has 0 bridgehead atoms. The van der Waals surface area contributed by atoms with E-state index < -0.39 is 0 Å². The normalized spacial score (nSPS) is 16.9. The van der Waals surface area contributed by atoms with E-state index in [2.05, 4.69) is 36.3 Å². The van der Waals surface area contributed by atoms with E-state index in [4.69, 9.17) is 4.74 Å². The Kier molecular flexibility index (Phi) is 6.11. The minimum atomic E-state index is -0.241. The SMILES string of the molecule is CCOC(=O)C1CCCN(C(=O)c2csc(Nc3ccc(C)c(C)c3)n2)C1. The summed E-state index contributed by atoms with van der Waals surface area (Å²) in [5.41, 5.74) is 3.80. The maximum absolute atomic E-state index is 12.8. The zero-order valence-electron chi connectivity index (χ0n) is 15.9. The summed E-state index contributed by atoms with van der Waals surface area (Å²) in [6, 6.07) is 6.12. The first-order valence-electron chi connectivity index (χ1n) is 9.23. The van der Waals surface area contributed by atoms with Crippen LogP contribution in [-0.4, -0.2) is 41.5 Å². The van der Waals surface area contributed by atoms with E-state index in [1.54, 1.807) is 17.2 Å². The molecule has 0 spiro atoms. The molecule has 144 valence electrons. The fourth-order valence-corrected chi connectivity index (χ4v) is 3.85. The molecule has 1 N–H and O–H groups in total. The van der Waals surface area contributed by atoms with Crippen molar-refractivity contribution < 1.29 is 14.3 Å². The smallest absolute Gasteiger partial charge is 0.310 e. The number of rotatable bonds is 5. The van der Waals surface area contributed by atoms with Crippen molar-refractivity contribution in [3.8, 4) is 0 Å². The maximum atomic E-state index is 12.8. The Labute approximate surface area is 163 Å². The van der Waals surface area contributed by atoms with Crippen LogP contribution in [0.5, 0.6) is 0 Å². The number of anilines is 2. The number of likely N-dealkylation sites (tertiary alicyclic amines) is 1. The number of hydrogen-bond donors (Lipinski definition) is 1. The molecule has 1 amide bonds. The first-order chi connectivity index (χ1) is 13.0. The van der Waals surface area contributed by atoms with Crippen LogP contribution in [0.1, 0.15) is 41.4 Å². The number of nitrogens with zero attached hydrogens (tertiary/aromatic N) is 2. The van der Waals surface area contributed by atoms with Crippen LogP contribution in [0.4, 0.5) is 10.8 Å². The van der Waals surface area contributed by atoms with E-state index in [9.17, 15) is 9.59 Å². The number of amides is 1. The highest BCUT2D eigenvalue weighted by molar-refractivity contribution is 7.14. The van der Waals surface area contributed by atoms with Gasteiger partial charge < -0.3 is 15.0 Å². The molecule has 1 aliphatic rings. The molecule has 0 radical (unpaired) electrons. The summed E-state index contributed by atoms with van der Waals surface area (Å²) < 4.78 is 5.10. The van der Waals surface area contributed by atoms with Crippen LogP contribution in [0.2, 0.25) is 0 Å². The number of thiazole rings is 1. The Morgan fingerprint density at radius 3 is 2.89 bits per heavy atom. The summed E-state index contributed by atoms with van der Waals surface area (Å²) in [4.78, 5) is 30.9. The number of aromatic nitrogens is 1. The van der Waals surface area contributed by atoms with Crippen LogP contribution in [0.15, 0.2) is 23.6 Å². The molecular formula is C20H25N3O3S. The van der Waals surface area contributed by atoms with Gasteiger partial charge in [-0.1, -0.05) is 6.07 Å². The van der Waals surface area contributed by atoms with Gasteiger partial charge >= 0.3 is 5.97 Å². The van der Waals surface area contributed by atoms with Gasteiger partial charge in [0.05, 0.1) is 12.5 Å². The van der Waals surface area contributed by atoms with Gasteiger partial charge in [-0.2, -0.15) is 0 Å². The van der Waals surface area contributed by atoms with Crippen LogP contribution in [0, 0.1) is 19.8 Å². The first-order valence-corrected chi connectivity index (χ1v) is 10.1. The zero-order valence-corrected chi connectivity index (χ0v) is 16.8. The highest BCUT2D eigenvalue weighted by Crippen LogP contribution is 2.25. The predicted octanol–water partition coefficient (Wildman–Crippen LogP) is 3.92. The largest absolute Gasteiger partial charge is 0.466 e. The lowest BCUT2D eigenvalue weighted by atomic mass is 9.98. The van der Waals surface area contributed by atoms with Crippen molar-refractivity contribution in [3.63, 3.8) is 0 Å². The number of piperidine rings is 1. The van der Waals surface area contributed by atoms with Crippen molar-refractivity contribution >= 4 is 34.0 Å². The standard InChI is InChI=1S/C20H25N3O3S/c1-4-26-19(25)15-6-5-9-23(11-15)18(24)17-12-27-20(22-17)21-16-8-7-13(2)14(3)10-16/h7-8,10,12,15H,4-6,9,11H2,1-3H3,(H,21,22). The number of carbonyl (C=O) groups excluding carboxylic acids is 2. The number of esters is 1. The van der Waals surface area contributed by atoms with E-state index in [0.717, 1.165) is 18.5 Å². The third-order valence-electron chi connectivity index (χ3n) is 4.81. The van der Waals surface area contributed by atoms with Gasteiger partial charge in [-0.15, -0.1) is 11.3 Å². The second kappa shape index (κ2) is 8.52. The summed E-state index contributed by atoms with van der Waals surface area (Å²) in [6.45, 7) is 7.34. The highest BCUT2D eigenvalue weighted by Gasteiger charge is 2.30. The second-order valence-corrected chi connectivity index (χ2v) is 7.66. The Bertz CT molecular complexity index is 834. The van der Waals surface area contributed by atoms with Crippen molar-refractivity contribution in [2.24, 2.45) is 5.92 Å². The van der Waals surface area contributed by atoms with E-state index in [1.165, 1.54) is 22.5 Å². The number of benzene rings is 1. The summed E-state index contributed by atoms with van der Waals surface area (Å²) >= 11 is 1.40. The molecule has 0 saturated carbocycles. The van der Waals surface area contributed by atoms with Gasteiger partial charge in [-0.3, -0.25) is 9.59 Å². The Hall–Kier alpha value is -2.41. The Morgan fingerprint density at radius 2 is 2.15 bits per heavy atom. The summed E-state index contributed by atoms with van der Waals surface area (Å²) in [5, 5.41) is 5.70. The molecule has 6 nitrogen and oxygen atoms in total. The quantitative estimate of drug-likeness (QED) is 0.788. The van der Waals surface area contributed by atoms with Crippen molar-refractivity contribution in [3.05, 3.63) is 40.4 Å². The summed E-state index contributed by atoms with van der Waals surface area (Å²) in [6.07, 6.45) is 1.56. The van der Waals surface area contributed by atoms with Gasteiger partial charge in [0, 0.05) is 24.2 Å². The first kappa shape index (κ1) is 19.4. The number of nitrogens with one attached hydrogen (secondary N) is 1. The minimum Gasteiger partial charge on any atom is -0.466 e. The lowest BCUT2D eigenvalue weighted by Gasteiger charge is -2.31. The average molecular weight is 388 g/mol. The monoisotopic (exact) mass is 387 g/mol. The maximum Gasteiger partial charge on any atom is 0.310 e. The van der Waals surface area contributed by atoms with Crippen LogP contribution in [0.3, 0.4) is 0 Å². The van der Waals surface area contributed by atoms with Gasteiger partial charge in [0.2, 0.25) is 0 Å². The van der Waals surface area contributed by atoms with E-state index >= 15 is 0 Å². The van der Waals surface area contributed by atoms with Crippen LogP contribution in [0.25, 0.3) is 0 Å². The molecule has 1 aromatic carbocycles. The Balaban J connectivity index is 1.65. The Morgan fingerprint density at radius 1 is 1.33 bits per heavy atom. The topological polar surface area (TPSA) is 71.5 Å². The highest BCUT2D eigenvalue weighted by atomic mass is 32.1. The molecular weight excluding hydrogens is 362 g/mol. The van der Waals surface area contributed by atoms with E-state index in [0.29, 0.717) is 30.5 Å². The van der Waals surface area contributed by atoms with Gasteiger partial charge in [-0.25, -0.2) is 4.98 Å². The van der Waals surface area contributed by atoms with Crippen LogP contribution < -0.4 is 5.32 Å². The number of ether oxygens (including phenoxy) is 1. The van der Waals surface area contributed by atoms with Crippen molar-refractivity contribution in [2.45, 2.75) is 33.6 Å². The number of carbonyl (C=O) groups is 2. The lowest BCUT2D eigenvalue weighted by molar-refractivity contribution is -0.149. The van der Waals surface area contributed by atoms with Crippen molar-refractivity contribution in [2.75, 3.05) is 25.0 Å². The van der Waals surface area contributed by atoms with Gasteiger partial charge in [-0.05, 0) is 56.9 Å². The second-order valence-electron chi connectivity index (χ2n) is 6.80. The summed E-state index contributed by atoms with van der Waals surface area (Å²) in [5.74, 6) is -0.590. The van der Waals surface area contributed by atoms with E-state index in [1.807, 2.05) is 6.07 Å². The van der Waals surface area contributed by atoms with Gasteiger partial charge in [0.25, 0.3) is 5.91 Å². The lowest BCUT2D eigenvalue weighted by Crippen LogP contribution is -2.42. The molecule has 1 saturated heterocycles. The molecule has 3 rings (SSSR count). The molecule has 2 heterocycles.